The molecule has 0 aliphatic heterocycles. The average molecular weight is 462 g/mol. The summed E-state index contributed by atoms with van der Waals surface area (Å²) in [5, 5.41) is 8.84. The highest BCUT2D eigenvalue weighted by Gasteiger charge is 2.44. The first kappa shape index (κ1) is 23.1. The van der Waals surface area contributed by atoms with Crippen LogP contribution in [0.3, 0.4) is 0 Å². The lowest BCUT2D eigenvalue weighted by Gasteiger charge is -2.21. The van der Waals surface area contributed by atoms with Gasteiger partial charge in [-0.1, -0.05) is 29.6 Å². The van der Waals surface area contributed by atoms with Gasteiger partial charge in [0.05, 0.1) is 10.3 Å². The molecule has 1 saturated carbocycles. The lowest BCUT2D eigenvalue weighted by atomic mass is 10.1. The van der Waals surface area contributed by atoms with E-state index in [4.69, 9.17) is 21.5 Å². The summed E-state index contributed by atoms with van der Waals surface area (Å²) in [6, 6.07) is 5.12. The molecule has 1 aliphatic rings. The molecular weight excluding hydrogens is 438 g/mol. The standard InChI is InChI=1S/C21H24ClN5O3S/c1-27(2)18-15(5-8-24-20(18)30-13-21(31-23)6-7-21)9-16(12-28)19(29)26-11-14-3-4-17(22)25-10-14/h3-5,8-10,12H,6-7,11,13,23H2,1-2H3,(H,26,29)/b16-9+. The highest BCUT2D eigenvalue weighted by atomic mass is 35.5. The van der Waals surface area contributed by atoms with E-state index in [1.165, 1.54) is 18.0 Å². The van der Waals surface area contributed by atoms with Crippen molar-refractivity contribution in [3.63, 3.8) is 0 Å². The van der Waals surface area contributed by atoms with Crippen molar-refractivity contribution in [1.82, 2.24) is 15.3 Å². The van der Waals surface area contributed by atoms with Gasteiger partial charge in [-0.2, -0.15) is 0 Å². The number of carbonyl (C=O) groups is 2. The maximum Gasteiger partial charge on any atom is 0.254 e. The van der Waals surface area contributed by atoms with Crippen LogP contribution in [0, 0.1) is 0 Å². The van der Waals surface area contributed by atoms with E-state index in [1.807, 2.05) is 19.0 Å². The third-order valence-corrected chi connectivity index (χ3v) is 6.09. The van der Waals surface area contributed by atoms with Crippen molar-refractivity contribution in [2.24, 2.45) is 5.14 Å². The van der Waals surface area contributed by atoms with Crippen LogP contribution in [-0.2, 0) is 16.1 Å². The summed E-state index contributed by atoms with van der Waals surface area (Å²) in [5.74, 6) is -0.0672. The number of hydrogen-bond acceptors (Lipinski definition) is 8. The van der Waals surface area contributed by atoms with Crippen molar-refractivity contribution in [2.45, 2.75) is 24.1 Å². The first-order valence-electron chi connectivity index (χ1n) is 9.60. The molecule has 10 heteroatoms. The van der Waals surface area contributed by atoms with Gasteiger partial charge in [0.2, 0.25) is 5.88 Å². The van der Waals surface area contributed by atoms with Gasteiger partial charge < -0.3 is 15.0 Å². The van der Waals surface area contributed by atoms with Crippen molar-refractivity contribution in [2.75, 3.05) is 25.6 Å². The fraction of sp³-hybridized carbons (Fsp3) is 0.333. The predicted molar refractivity (Wildman–Crippen MR) is 123 cm³/mol. The topological polar surface area (TPSA) is 110 Å². The monoisotopic (exact) mass is 461 g/mol. The van der Waals surface area contributed by atoms with Gasteiger partial charge in [0, 0.05) is 38.6 Å². The Morgan fingerprint density at radius 2 is 2.13 bits per heavy atom. The number of carbonyl (C=O) groups excluding carboxylic acids is 2. The Kier molecular flexibility index (Phi) is 7.53. The first-order chi connectivity index (χ1) is 14.9. The van der Waals surface area contributed by atoms with Gasteiger partial charge in [0.1, 0.15) is 17.4 Å². The molecule has 0 spiro atoms. The minimum Gasteiger partial charge on any atom is -0.475 e. The van der Waals surface area contributed by atoms with Gasteiger partial charge in [-0.25, -0.2) is 9.97 Å². The number of pyridine rings is 2. The van der Waals surface area contributed by atoms with Crippen LogP contribution in [0.1, 0.15) is 24.0 Å². The summed E-state index contributed by atoms with van der Waals surface area (Å²) in [5.41, 5.74) is 2.07. The zero-order valence-corrected chi connectivity index (χ0v) is 18.9. The fourth-order valence-corrected chi connectivity index (χ4v) is 3.45. The maximum atomic E-state index is 12.6. The Morgan fingerprint density at radius 3 is 2.71 bits per heavy atom. The Hall–Kier alpha value is -2.62. The van der Waals surface area contributed by atoms with Crippen molar-refractivity contribution in [3.05, 3.63) is 52.4 Å². The average Bonchev–Trinajstić information content (AvgIpc) is 3.55. The molecule has 0 saturated heterocycles. The molecule has 0 radical (unpaired) electrons. The maximum absolute atomic E-state index is 12.6. The number of hydrogen-bond donors (Lipinski definition) is 2. The number of aromatic nitrogens is 2. The number of ether oxygens (including phenoxy) is 1. The van der Waals surface area contributed by atoms with E-state index in [-0.39, 0.29) is 16.9 Å². The molecular formula is C21H24ClN5O3S. The summed E-state index contributed by atoms with van der Waals surface area (Å²) < 4.78 is 5.90. The Balaban J connectivity index is 1.78. The summed E-state index contributed by atoms with van der Waals surface area (Å²) >= 11 is 7.08. The van der Waals surface area contributed by atoms with E-state index < -0.39 is 5.91 Å². The number of amides is 1. The molecule has 2 heterocycles. The van der Waals surface area contributed by atoms with Gasteiger partial charge in [-0.15, -0.1) is 0 Å². The fourth-order valence-electron chi connectivity index (χ4n) is 2.87. The number of anilines is 1. The molecule has 2 aromatic rings. The summed E-state index contributed by atoms with van der Waals surface area (Å²) in [6.45, 7) is 0.670. The van der Waals surface area contributed by atoms with Crippen LogP contribution in [0.5, 0.6) is 5.88 Å². The number of nitrogens with two attached hydrogens (primary N) is 1. The first-order valence-corrected chi connectivity index (χ1v) is 10.9. The van der Waals surface area contributed by atoms with Crippen LogP contribution in [0.15, 0.2) is 36.2 Å². The van der Waals surface area contributed by atoms with Crippen LogP contribution in [0.4, 0.5) is 5.69 Å². The molecule has 8 nitrogen and oxygen atoms in total. The number of rotatable bonds is 10. The van der Waals surface area contributed by atoms with E-state index in [1.54, 1.807) is 30.6 Å². The molecule has 3 N–H and O–H groups in total. The number of aldehydes is 1. The smallest absolute Gasteiger partial charge is 0.254 e. The van der Waals surface area contributed by atoms with E-state index in [0.29, 0.717) is 35.2 Å². The molecule has 0 bridgehead atoms. The molecule has 0 unspecified atom stereocenters. The third-order valence-electron chi connectivity index (χ3n) is 4.84. The Morgan fingerprint density at radius 1 is 1.35 bits per heavy atom. The van der Waals surface area contributed by atoms with E-state index in [0.717, 1.165) is 18.4 Å². The normalized spacial score (nSPS) is 14.6. The Bertz CT molecular complexity index is 977. The van der Waals surface area contributed by atoms with Crippen LogP contribution in [-0.4, -0.2) is 47.6 Å². The van der Waals surface area contributed by atoms with Crippen molar-refractivity contribution >= 4 is 47.5 Å². The van der Waals surface area contributed by atoms with Crippen LogP contribution >= 0.6 is 23.5 Å². The van der Waals surface area contributed by atoms with Gasteiger partial charge >= 0.3 is 0 Å². The highest BCUT2D eigenvalue weighted by Crippen LogP contribution is 2.46. The lowest BCUT2D eigenvalue weighted by Crippen LogP contribution is -2.25. The van der Waals surface area contributed by atoms with Gasteiger partial charge in [0.25, 0.3) is 5.91 Å². The van der Waals surface area contributed by atoms with Crippen LogP contribution in [0.25, 0.3) is 6.08 Å². The third kappa shape index (κ3) is 5.96. The second kappa shape index (κ2) is 10.1. The zero-order valence-electron chi connectivity index (χ0n) is 17.3. The van der Waals surface area contributed by atoms with E-state index in [2.05, 4.69) is 15.3 Å². The molecule has 164 valence electrons. The SMILES string of the molecule is CN(C)c1c(/C=C(\C=O)C(=O)NCc2ccc(Cl)nc2)ccnc1OCC1(SN)CC1. The highest BCUT2D eigenvalue weighted by molar-refractivity contribution is 7.98. The minimum atomic E-state index is -0.495. The molecule has 0 aromatic carbocycles. The van der Waals surface area contributed by atoms with Crippen molar-refractivity contribution in [3.8, 4) is 5.88 Å². The van der Waals surface area contributed by atoms with Crippen molar-refractivity contribution < 1.29 is 14.3 Å². The second-order valence-corrected chi connectivity index (χ2v) is 8.92. The molecule has 2 aromatic heterocycles. The number of nitrogens with zero attached hydrogens (tertiary/aromatic N) is 3. The zero-order chi connectivity index (χ0) is 22.4. The van der Waals surface area contributed by atoms with Crippen molar-refractivity contribution in [1.29, 1.82) is 0 Å². The van der Waals surface area contributed by atoms with Gasteiger partial charge in [0.15, 0.2) is 6.29 Å². The summed E-state index contributed by atoms with van der Waals surface area (Å²) in [6.07, 6.45) is 7.21. The quantitative estimate of drug-likeness (QED) is 0.139. The minimum absolute atomic E-state index is 0.0154. The molecule has 3 rings (SSSR count). The largest absolute Gasteiger partial charge is 0.475 e. The van der Waals surface area contributed by atoms with E-state index >= 15 is 0 Å². The van der Waals surface area contributed by atoms with Crippen LogP contribution < -0.4 is 20.1 Å². The van der Waals surface area contributed by atoms with Crippen LogP contribution in [0.2, 0.25) is 5.15 Å². The second-order valence-electron chi connectivity index (χ2n) is 7.43. The summed E-state index contributed by atoms with van der Waals surface area (Å²) in [7, 11) is 3.69. The molecule has 31 heavy (non-hydrogen) atoms. The summed E-state index contributed by atoms with van der Waals surface area (Å²) in [4.78, 5) is 34.3. The predicted octanol–water partition coefficient (Wildman–Crippen LogP) is 2.61. The van der Waals surface area contributed by atoms with E-state index in [9.17, 15) is 9.59 Å². The molecule has 0 atom stereocenters. The molecule has 1 aliphatic carbocycles. The number of halogens is 1. The molecule has 1 fully saturated rings. The number of nitrogens with one attached hydrogen (secondary N) is 1. The molecule has 1 amide bonds. The van der Waals surface area contributed by atoms with Gasteiger partial charge in [-0.05, 0) is 36.6 Å². The lowest BCUT2D eigenvalue weighted by molar-refractivity contribution is -0.119. The van der Waals surface area contributed by atoms with Gasteiger partial charge in [-0.3, -0.25) is 14.7 Å². The Labute approximate surface area is 190 Å².